The predicted molar refractivity (Wildman–Crippen MR) is 81.8 cm³/mol. The van der Waals surface area contributed by atoms with Crippen LogP contribution in [0.25, 0.3) is 0 Å². The van der Waals surface area contributed by atoms with Crippen LogP contribution in [0.3, 0.4) is 0 Å². The van der Waals surface area contributed by atoms with E-state index in [4.69, 9.17) is 16.6 Å². The van der Waals surface area contributed by atoms with Gasteiger partial charge in [-0.15, -0.1) is 0 Å². The van der Waals surface area contributed by atoms with Crippen molar-refractivity contribution in [1.29, 1.82) is 10.8 Å². The maximum Gasteiger partial charge on any atom is 0.265 e. The first kappa shape index (κ1) is 16.6. The highest BCUT2D eigenvalue weighted by Crippen LogP contribution is 2.22. The van der Waals surface area contributed by atoms with E-state index in [9.17, 15) is 9.59 Å². The summed E-state index contributed by atoms with van der Waals surface area (Å²) in [5, 5.41) is 17.3. The summed E-state index contributed by atoms with van der Waals surface area (Å²) in [6, 6.07) is 6.44. The molecular weight excluding hydrogens is 268 g/mol. The van der Waals surface area contributed by atoms with Gasteiger partial charge in [-0.05, 0) is 23.6 Å². The second-order valence-electron chi connectivity index (χ2n) is 5.07. The second kappa shape index (κ2) is 7.33. The molecule has 6 heteroatoms. The molecule has 1 unspecified atom stereocenters. The van der Waals surface area contributed by atoms with Gasteiger partial charge >= 0.3 is 0 Å². The van der Waals surface area contributed by atoms with Gasteiger partial charge in [-0.1, -0.05) is 26.0 Å². The van der Waals surface area contributed by atoms with Crippen LogP contribution >= 0.6 is 0 Å². The summed E-state index contributed by atoms with van der Waals surface area (Å²) in [6.07, 6.45) is 1.03. The monoisotopic (exact) mass is 288 g/mol. The summed E-state index contributed by atoms with van der Waals surface area (Å²) in [5.74, 6) is -0.878. The fourth-order valence-corrected chi connectivity index (χ4v) is 1.91. The van der Waals surface area contributed by atoms with Gasteiger partial charge in [0.25, 0.3) is 5.91 Å². The number of benzene rings is 1. The van der Waals surface area contributed by atoms with E-state index in [1.807, 2.05) is 13.8 Å². The van der Waals surface area contributed by atoms with Gasteiger partial charge in [0.05, 0.1) is 6.04 Å². The Labute approximate surface area is 123 Å². The molecule has 5 N–H and O–H groups in total. The molecule has 0 saturated heterocycles. The van der Waals surface area contributed by atoms with Crippen molar-refractivity contribution in [3.05, 3.63) is 35.4 Å². The molecular formula is C15H20N4O2. The second-order valence-corrected chi connectivity index (χ2v) is 5.07. The maximum absolute atomic E-state index is 11.9. The van der Waals surface area contributed by atoms with E-state index in [1.165, 1.54) is 0 Å². The molecule has 0 saturated carbocycles. The summed E-state index contributed by atoms with van der Waals surface area (Å²) in [4.78, 5) is 22.9. The predicted octanol–water partition coefficient (Wildman–Crippen LogP) is 1.66. The van der Waals surface area contributed by atoms with Gasteiger partial charge in [0, 0.05) is 18.2 Å². The van der Waals surface area contributed by atoms with E-state index in [-0.39, 0.29) is 24.1 Å². The maximum atomic E-state index is 11.9. The Morgan fingerprint density at radius 2 is 1.86 bits per heavy atom. The molecule has 1 aromatic rings. The number of nitrogens with one attached hydrogen (secondary N) is 3. The highest BCUT2D eigenvalue weighted by molar-refractivity contribution is 6.39. The van der Waals surface area contributed by atoms with E-state index in [0.29, 0.717) is 5.56 Å². The summed E-state index contributed by atoms with van der Waals surface area (Å²) < 4.78 is 0. The Kier molecular flexibility index (Phi) is 5.78. The third kappa shape index (κ3) is 4.52. The van der Waals surface area contributed by atoms with Crippen molar-refractivity contribution in [2.75, 3.05) is 0 Å². The highest BCUT2D eigenvalue weighted by atomic mass is 16.2. The average Bonchev–Trinajstić information content (AvgIpc) is 2.44. The minimum atomic E-state index is -0.501. The fourth-order valence-electron chi connectivity index (χ4n) is 1.91. The minimum Gasteiger partial charge on any atom is -0.366 e. The topological polar surface area (TPSA) is 120 Å². The van der Waals surface area contributed by atoms with Crippen LogP contribution in [0, 0.1) is 16.7 Å². The lowest BCUT2D eigenvalue weighted by molar-refractivity contribution is -0.116. The summed E-state index contributed by atoms with van der Waals surface area (Å²) in [7, 11) is 0. The van der Waals surface area contributed by atoms with Gasteiger partial charge in [-0.2, -0.15) is 0 Å². The number of rotatable bonds is 7. The van der Waals surface area contributed by atoms with Crippen LogP contribution in [0.4, 0.5) is 0 Å². The first-order chi connectivity index (χ1) is 9.86. The zero-order valence-corrected chi connectivity index (χ0v) is 12.1. The Morgan fingerprint density at radius 1 is 1.29 bits per heavy atom. The molecule has 6 nitrogen and oxygen atoms in total. The quantitative estimate of drug-likeness (QED) is 0.570. The molecule has 0 spiro atoms. The molecule has 112 valence electrons. The van der Waals surface area contributed by atoms with Crippen LogP contribution in [0.1, 0.15) is 42.2 Å². The van der Waals surface area contributed by atoms with Gasteiger partial charge < -0.3 is 16.5 Å². The Bertz CT molecular complexity index is 549. The third-order valence-corrected chi connectivity index (χ3v) is 3.09. The molecule has 1 aromatic carbocycles. The van der Waals surface area contributed by atoms with Crippen LogP contribution in [-0.4, -0.2) is 23.7 Å². The van der Waals surface area contributed by atoms with Crippen molar-refractivity contribution in [3.8, 4) is 0 Å². The fraction of sp³-hybridized carbons (Fsp3) is 0.333. The average molecular weight is 288 g/mol. The van der Waals surface area contributed by atoms with Gasteiger partial charge in [0.1, 0.15) is 5.71 Å². The van der Waals surface area contributed by atoms with E-state index in [2.05, 4.69) is 5.32 Å². The number of hydrogen-bond donors (Lipinski definition) is 4. The van der Waals surface area contributed by atoms with E-state index < -0.39 is 11.8 Å². The molecule has 0 aliphatic heterocycles. The molecule has 1 rings (SSSR count). The molecule has 2 amide bonds. The Morgan fingerprint density at radius 3 is 2.29 bits per heavy atom. The summed E-state index contributed by atoms with van der Waals surface area (Å²) in [6.45, 7) is 3.90. The lowest BCUT2D eigenvalue weighted by Crippen LogP contribution is -2.36. The molecule has 0 bridgehead atoms. The van der Waals surface area contributed by atoms with Gasteiger partial charge in [0.2, 0.25) is 5.91 Å². The zero-order chi connectivity index (χ0) is 16.0. The van der Waals surface area contributed by atoms with Crippen LogP contribution in [0.5, 0.6) is 0 Å². The van der Waals surface area contributed by atoms with Gasteiger partial charge in [-0.25, -0.2) is 0 Å². The van der Waals surface area contributed by atoms with Gasteiger partial charge in [0.15, 0.2) is 0 Å². The number of carbonyl (C=O) groups excluding carboxylic acids is 2. The van der Waals surface area contributed by atoms with Crippen LogP contribution in [0.2, 0.25) is 0 Å². The summed E-state index contributed by atoms with van der Waals surface area (Å²) in [5.41, 5.74) is 6.29. The molecule has 21 heavy (non-hydrogen) atoms. The van der Waals surface area contributed by atoms with Crippen molar-refractivity contribution in [2.45, 2.75) is 26.3 Å². The number of amides is 2. The Hall–Kier alpha value is -2.50. The van der Waals surface area contributed by atoms with Crippen molar-refractivity contribution in [1.82, 2.24) is 5.32 Å². The SMILES string of the molecule is CC(C)C(NC(=O)C(=N)CC=N)c1ccc(C(N)=O)cc1. The first-order valence-corrected chi connectivity index (χ1v) is 6.63. The van der Waals surface area contributed by atoms with Crippen molar-refractivity contribution in [3.63, 3.8) is 0 Å². The molecule has 1 atom stereocenters. The van der Waals surface area contributed by atoms with Crippen molar-refractivity contribution in [2.24, 2.45) is 11.7 Å². The molecule has 0 aliphatic carbocycles. The largest absolute Gasteiger partial charge is 0.366 e. The smallest absolute Gasteiger partial charge is 0.265 e. The Balaban J connectivity index is 2.91. The normalized spacial score (nSPS) is 11.8. The van der Waals surface area contributed by atoms with Crippen LogP contribution in [-0.2, 0) is 4.79 Å². The number of nitrogens with two attached hydrogens (primary N) is 1. The molecule has 0 aromatic heterocycles. The third-order valence-electron chi connectivity index (χ3n) is 3.09. The van der Waals surface area contributed by atoms with Crippen LogP contribution in [0.15, 0.2) is 24.3 Å². The zero-order valence-electron chi connectivity index (χ0n) is 12.1. The van der Waals surface area contributed by atoms with E-state index in [0.717, 1.165) is 11.8 Å². The minimum absolute atomic E-state index is 0.0112. The van der Waals surface area contributed by atoms with Crippen molar-refractivity contribution < 1.29 is 9.59 Å². The van der Waals surface area contributed by atoms with E-state index in [1.54, 1.807) is 24.3 Å². The molecule has 0 aliphatic rings. The number of hydrogen-bond acceptors (Lipinski definition) is 4. The molecule has 0 radical (unpaired) electrons. The van der Waals surface area contributed by atoms with Crippen LogP contribution < -0.4 is 11.1 Å². The van der Waals surface area contributed by atoms with E-state index >= 15 is 0 Å². The standard InChI is InChI=1S/C15H20N4O2/c1-9(2)13(19-15(21)12(17)7-8-16)10-3-5-11(6-4-10)14(18)20/h3-6,8-9,13,16-17H,7H2,1-2H3,(H2,18,20)(H,19,21). The lowest BCUT2D eigenvalue weighted by atomic mass is 9.95. The van der Waals surface area contributed by atoms with Crippen molar-refractivity contribution >= 4 is 23.7 Å². The van der Waals surface area contributed by atoms with Gasteiger partial charge in [-0.3, -0.25) is 15.0 Å². The molecule has 0 heterocycles. The lowest BCUT2D eigenvalue weighted by Gasteiger charge is -2.23. The number of carbonyl (C=O) groups is 2. The highest BCUT2D eigenvalue weighted by Gasteiger charge is 2.20. The first-order valence-electron chi connectivity index (χ1n) is 6.63. The molecule has 0 fully saturated rings. The summed E-state index contributed by atoms with van der Waals surface area (Å²) >= 11 is 0. The number of primary amides is 1.